The lowest BCUT2D eigenvalue weighted by Gasteiger charge is -2.28. The van der Waals surface area contributed by atoms with E-state index in [1.807, 2.05) is 43.3 Å². The fraction of sp³-hybridized carbons (Fsp3) is 0.407. The Morgan fingerprint density at radius 1 is 1.00 bits per heavy atom. The Hall–Kier alpha value is -2.68. The first-order valence-electron chi connectivity index (χ1n) is 11.2. The monoisotopic (exact) mass is 400 g/mol. The molecular formula is C27H32N2O. The number of rotatable bonds is 5. The lowest BCUT2D eigenvalue weighted by molar-refractivity contribution is 0.0829. The first-order chi connectivity index (χ1) is 14.5. The molecule has 3 nitrogen and oxygen atoms in total. The third-order valence-electron chi connectivity index (χ3n) is 6.57. The Kier molecular flexibility index (Phi) is 5.90. The fourth-order valence-electron chi connectivity index (χ4n) is 4.86. The summed E-state index contributed by atoms with van der Waals surface area (Å²) in [7, 11) is 0. The van der Waals surface area contributed by atoms with Gasteiger partial charge in [0, 0.05) is 23.0 Å². The van der Waals surface area contributed by atoms with Crippen molar-refractivity contribution >= 4 is 5.91 Å². The molecule has 3 aromatic rings. The molecule has 0 amide bonds. The average Bonchev–Trinajstić information content (AvgIpc) is 3.16. The van der Waals surface area contributed by atoms with E-state index in [-0.39, 0.29) is 11.8 Å². The molecule has 0 spiro atoms. The van der Waals surface area contributed by atoms with Gasteiger partial charge in [-0.3, -0.25) is 4.79 Å². The number of benzene rings is 2. The van der Waals surface area contributed by atoms with E-state index in [1.54, 1.807) is 4.68 Å². The van der Waals surface area contributed by atoms with Crippen molar-refractivity contribution in [2.45, 2.75) is 58.8 Å². The van der Waals surface area contributed by atoms with Crippen molar-refractivity contribution in [1.82, 2.24) is 9.78 Å². The molecule has 1 aromatic heterocycles. The van der Waals surface area contributed by atoms with Crippen LogP contribution in [0.2, 0.25) is 0 Å². The third kappa shape index (κ3) is 3.86. The van der Waals surface area contributed by atoms with E-state index in [0.29, 0.717) is 17.8 Å². The molecule has 3 heteroatoms. The van der Waals surface area contributed by atoms with Gasteiger partial charge in [0.2, 0.25) is 0 Å². The van der Waals surface area contributed by atoms with Crippen molar-refractivity contribution < 1.29 is 4.79 Å². The maximum atomic E-state index is 13.6. The molecule has 0 aliphatic heterocycles. The minimum absolute atomic E-state index is 0.0850. The predicted octanol–water partition coefficient (Wildman–Crippen LogP) is 6.71. The van der Waals surface area contributed by atoms with Crippen LogP contribution in [0.5, 0.6) is 0 Å². The highest BCUT2D eigenvalue weighted by Crippen LogP contribution is 2.46. The highest BCUT2D eigenvalue weighted by molar-refractivity contribution is 5.86. The van der Waals surface area contributed by atoms with Crippen molar-refractivity contribution in [3.05, 3.63) is 77.5 Å². The smallest absolute Gasteiger partial charge is 0.250 e. The van der Waals surface area contributed by atoms with Crippen LogP contribution in [-0.4, -0.2) is 15.7 Å². The van der Waals surface area contributed by atoms with Crippen molar-refractivity contribution in [2.24, 2.45) is 11.8 Å². The predicted molar refractivity (Wildman–Crippen MR) is 123 cm³/mol. The van der Waals surface area contributed by atoms with Gasteiger partial charge in [0.15, 0.2) is 0 Å². The van der Waals surface area contributed by atoms with E-state index in [4.69, 9.17) is 5.10 Å². The summed E-state index contributed by atoms with van der Waals surface area (Å²) in [6.07, 6.45) is 3.02. The van der Waals surface area contributed by atoms with Gasteiger partial charge in [-0.15, -0.1) is 0 Å². The Morgan fingerprint density at radius 3 is 2.27 bits per heavy atom. The Labute approximate surface area is 180 Å². The number of fused-ring (bicyclic) bond motifs is 1. The zero-order chi connectivity index (χ0) is 21.3. The number of nitrogens with zero attached hydrogens (tertiary/aromatic N) is 2. The van der Waals surface area contributed by atoms with Crippen LogP contribution in [0.1, 0.15) is 74.0 Å². The summed E-state index contributed by atoms with van der Waals surface area (Å²) < 4.78 is 1.74. The minimum atomic E-state index is -0.135. The fourth-order valence-corrected chi connectivity index (χ4v) is 4.86. The molecule has 0 saturated carbocycles. The molecule has 156 valence electrons. The summed E-state index contributed by atoms with van der Waals surface area (Å²) in [5.74, 6) is 1.29. The molecule has 4 rings (SSSR count). The second kappa shape index (κ2) is 8.59. The lowest BCUT2D eigenvalue weighted by atomic mass is 9.75. The molecule has 1 unspecified atom stereocenters. The van der Waals surface area contributed by atoms with Gasteiger partial charge in [-0.1, -0.05) is 88.4 Å². The minimum Gasteiger partial charge on any atom is -0.272 e. The summed E-state index contributed by atoms with van der Waals surface area (Å²) in [6.45, 7) is 8.84. The van der Waals surface area contributed by atoms with Crippen LogP contribution in [-0.2, 0) is 6.42 Å². The number of carbonyl (C=O) groups excluding carboxylic acids is 1. The van der Waals surface area contributed by atoms with Gasteiger partial charge in [0.05, 0.1) is 11.4 Å². The van der Waals surface area contributed by atoms with Crippen LogP contribution in [0, 0.1) is 11.8 Å². The van der Waals surface area contributed by atoms with Crippen LogP contribution in [0.4, 0.5) is 0 Å². The largest absolute Gasteiger partial charge is 0.272 e. The van der Waals surface area contributed by atoms with Crippen molar-refractivity contribution in [3.63, 3.8) is 0 Å². The van der Waals surface area contributed by atoms with E-state index in [1.165, 1.54) is 11.1 Å². The Balaban J connectivity index is 1.81. The summed E-state index contributed by atoms with van der Waals surface area (Å²) in [5.41, 5.74) is 5.70. The third-order valence-corrected chi connectivity index (χ3v) is 6.57. The van der Waals surface area contributed by atoms with Crippen molar-refractivity contribution in [3.8, 4) is 11.3 Å². The molecule has 1 aliphatic carbocycles. The Morgan fingerprint density at radius 2 is 1.63 bits per heavy atom. The maximum Gasteiger partial charge on any atom is 0.250 e. The highest BCUT2D eigenvalue weighted by Gasteiger charge is 2.35. The normalized spacial score (nSPS) is 19.5. The van der Waals surface area contributed by atoms with Crippen LogP contribution in [0.25, 0.3) is 11.3 Å². The SMILES string of the molecule is CC(Cc1ccccc1)C(=O)n1nc2c(c1-c1ccccc1)[C@H](C)CC[C@H]2C(C)C. The average molecular weight is 401 g/mol. The van der Waals surface area contributed by atoms with Gasteiger partial charge >= 0.3 is 0 Å². The maximum absolute atomic E-state index is 13.6. The summed E-state index contributed by atoms with van der Waals surface area (Å²) >= 11 is 0. The van der Waals surface area contributed by atoms with Gasteiger partial charge in [-0.2, -0.15) is 9.78 Å². The molecule has 2 aromatic carbocycles. The van der Waals surface area contributed by atoms with Crippen LogP contribution >= 0.6 is 0 Å². The molecule has 0 fully saturated rings. The van der Waals surface area contributed by atoms with Crippen LogP contribution in [0.3, 0.4) is 0 Å². The summed E-state index contributed by atoms with van der Waals surface area (Å²) in [5, 5.41) is 5.01. The van der Waals surface area contributed by atoms with Crippen molar-refractivity contribution in [2.75, 3.05) is 0 Å². The molecule has 0 N–H and O–H groups in total. The van der Waals surface area contributed by atoms with E-state index in [0.717, 1.165) is 36.2 Å². The van der Waals surface area contributed by atoms with Gasteiger partial charge in [0.25, 0.3) is 5.91 Å². The van der Waals surface area contributed by atoms with Gasteiger partial charge in [0.1, 0.15) is 0 Å². The quantitative estimate of drug-likeness (QED) is 0.477. The molecule has 0 saturated heterocycles. The molecule has 0 bridgehead atoms. The molecule has 30 heavy (non-hydrogen) atoms. The Bertz CT molecular complexity index is 1000. The topological polar surface area (TPSA) is 34.9 Å². The van der Waals surface area contributed by atoms with E-state index >= 15 is 0 Å². The van der Waals surface area contributed by atoms with E-state index < -0.39 is 0 Å². The first-order valence-corrected chi connectivity index (χ1v) is 11.2. The number of hydrogen-bond donors (Lipinski definition) is 0. The van der Waals surface area contributed by atoms with Gasteiger partial charge in [-0.05, 0) is 36.7 Å². The van der Waals surface area contributed by atoms with Gasteiger partial charge < -0.3 is 0 Å². The summed E-state index contributed by atoms with van der Waals surface area (Å²) in [4.78, 5) is 13.6. The molecular weight excluding hydrogens is 368 g/mol. The van der Waals surface area contributed by atoms with E-state index in [2.05, 4.69) is 45.0 Å². The highest BCUT2D eigenvalue weighted by atomic mass is 16.2. The van der Waals surface area contributed by atoms with E-state index in [9.17, 15) is 4.79 Å². The zero-order valence-electron chi connectivity index (χ0n) is 18.5. The number of carbonyl (C=O) groups is 1. The van der Waals surface area contributed by atoms with Crippen LogP contribution < -0.4 is 0 Å². The number of hydrogen-bond acceptors (Lipinski definition) is 2. The zero-order valence-corrected chi connectivity index (χ0v) is 18.5. The number of aromatic nitrogens is 2. The second-order valence-corrected chi connectivity index (χ2v) is 9.18. The molecule has 1 aliphatic rings. The summed E-state index contributed by atoms with van der Waals surface area (Å²) in [6, 6.07) is 20.6. The lowest BCUT2D eigenvalue weighted by Crippen LogP contribution is -2.23. The van der Waals surface area contributed by atoms with Crippen LogP contribution in [0.15, 0.2) is 60.7 Å². The van der Waals surface area contributed by atoms with Gasteiger partial charge in [-0.25, -0.2) is 0 Å². The second-order valence-electron chi connectivity index (χ2n) is 9.18. The van der Waals surface area contributed by atoms with Crippen molar-refractivity contribution in [1.29, 1.82) is 0 Å². The standard InChI is InChI=1S/C27H32N2O/c1-18(2)23-16-15-19(3)24-25(23)28-29(26(24)22-13-9-6-10-14-22)27(30)20(4)17-21-11-7-5-8-12-21/h5-14,18-20,23H,15-17H2,1-4H3/t19-,20?,23+/m1/s1. The first kappa shape index (κ1) is 20.6. The molecule has 3 atom stereocenters. The molecule has 1 heterocycles. The molecule has 0 radical (unpaired) electrons.